The molecule has 1 N–H and O–H groups in total. The highest BCUT2D eigenvalue weighted by molar-refractivity contribution is 4.76. The Bertz CT molecular complexity index is 119. The number of hydrogen-bond donors (Lipinski definition) is 1. The van der Waals surface area contributed by atoms with E-state index in [1.807, 2.05) is 6.92 Å². The van der Waals surface area contributed by atoms with Crippen molar-refractivity contribution in [1.82, 2.24) is 4.90 Å². The van der Waals surface area contributed by atoms with Gasteiger partial charge in [0.15, 0.2) is 0 Å². The van der Waals surface area contributed by atoms with Crippen LogP contribution in [0.3, 0.4) is 0 Å². The normalized spacial score (nSPS) is 29.2. The first kappa shape index (κ1) is 8.97. The van der Waals surface area contributed by atoms with Crippen molar-refractivity contribution < 1.29 is 9.84 Å². The molecule has 1 aliphatic rings. The minimum Gasteiger partial charge on any atom is -0.380 e. The van der Waals surface area contributed by atoms with Gasteiger partial charge in [-0.05, 0) is 12.8 Å². The summed E-state index contributed by atoms with van der Waals surface area (Å²) in [4.78, 5) is 2.06. The zero-order chi connectivity index (χ0) is 8.27. The van der Waals surface area contributed by atoms with Gasteiger partial charge in [-0.3, -0.25) is 4.90 Å². The highest BCUT2D eigenvalue weighted by atomic mass is 16.5. The molecule has 3 nitrogen and oxygen atoms in total. The van der Waals surface area contributed by atoms with E-state index in [2.05, 4.69) is 4.90 Å². The third-order valence-corrected chi connectivity index (χ3v) is 2.30. The van der Waals surface area contributed by atoms with E-state index in [1.54, 1.807) is 7.11 Å². The standard InChI is InChI=1S/C8H17NO2/c1-3-8(10)9-5-4-7(6-9)11-2/h7-8,10H,3-6H2,1-2H3. The summed E-state index contributed by atoms with van der Waals surface area (Å²) >= 11 is 0. The Morgan fingerprint density at radius 1 is 1.73 bits per heavy atom. The van der Waals surface area contributed by atoms with E-state index in [0.29, 0.717) is 6.10 Å². The molecule has 1 heterocycles. The zero-order valence-electron chi connectivity index (χ0n) is 7.29. The van der Waals surface area contributed by atoms with Crippen LogP contribution in [0.5, 0.6) is 0 Å². The second-order valence-electron chi connectivity index (χ2n) is 3.03. The van der Waals surface area contributed by atoms with Crippen molar-refractivity contribution in [3.63, 3.8) is 0 Å². The quantitative estimate of drug-likeness (QED) is 0.648. The van der Waals surface area contributed by atoms with Gasteiger partial charge in [0.2, 0.25) is 0 Å². The molecular weight excluding hydrogens is 142 g/mol. The van der Waals surface area contributed by atoms with Crippen molar-refractivity contribution in [3.05, 3.63) is 0 Å². The Hall–Kier alpha value is -0.120. The molecule has 66 valence electrons. The fraction of sp³-hybridized carbons (Fsp3) is 1.00. The number of nitrogens with zero attached hydrogens (tertiary/aromatic N) is 1. The van der Waals surface area contributed by atoms with Crippen LogP contribution in [0.1, 0.15) is 19.8 Å². The Balaban J connectivity index is 2.29. The highest BCUT2D eigenvalue weighted by Crippen LogP contribution is 2.14. The fourth-order valence-electron chi connectivity index (χ4n) is 1.48. The van der Waals surface area contributed by atoms with Crippen LogP contribution in [0.15, 0.2) is 0 Å². The molecule has 11 heavy (non-hydrogen) atoms. The minimum absolute atomic E-state index is 0.268. The number of aliphatic hydroxyl groups is 1. The maximum atomic E-state index is 9.44. The predicted molar refractivity (Wildman–Crippen MR) is 43.3 cm³/mol. The van der Waals surface area contributed by atoms with E-state index in [1.165, 1.54) is 0 Å². The van der Waals surface area contributed by atoms with E-state index in [0.717, 1.165) is 25.9 Å². The average Bonchev–Trinajstić information content (AvgIpc) is 2.50. The molecule has 0 aliphatic carbocycles. The molecule has 2 unspecified atom stereocenters. The molecule has 0 aromatic rings. The van der Waals surface area contributed by atoms with Crippen molar-refractivity contribution in [3.8, 4) is 0 Å². The molecule has 0 aromatic carbocycles. The van der Waals surface area contributed by atoms with E-state index < -0.39 is 0 Å². The SMILES string of the molecule is CCC(O)N1CCC(OC)C1. The molecule has 3 heteroatoms. The summed E-state index contributed by atoms with van der Waals surface area (Å²) in [7, 11) is 1.73. The summed E-state index contributed by atoms with van der Waals surface area (Å²) in [6.07, 6.45) is 1.91. The first-order valence-corrected chi connectivity index (χ1v) is 4.22. The Kier molecular flexibility index (Phi) is 3.30. The number of hydrogen-bond acceptors (Lipinski definition) is 3. The monoisotopic (exact) mass is 159 g/mol. The van der Waals surface area contributed by atoms with E-state index in [9.17, 15) is 5.11 Å². The summed E-state index contributed by atoms with van der Waals surface area (Å²) < 4.78 is 5.18. The maximum absolute atomic E-state index is 9.44. The molecular formula is C8H17NO2. The van der Waals surface area contributed by atoms with Crippen LogP contribution in [0.2, 0.25) is 0 Å². The molecule has 1 rings (SSSR count). The van der Waals surface area contributed by atoms with Crippen LogP contribution in [-0.2, 0) is 4.74 Å². The van der Waals surface area contributed by atoms with Gasteiger partial charge in [0.25, 0.3) is 0 Å². The summed E-state index contributed by atoms with van der Waals surface area (Å²) in [5, 5.41) is 9.44. The van der Waals surface area contributed by atoms with Gasteiger partial charge < -0.3 is 9.84 Å². The second-order valence-corrected chi connectivity index (χ2v) is 3.03. The van der Waals surface area contributed by atoms with Gasteiger partial charge >= 0.3 is 0 Å². The summed E-state index contributed by atoms with van der Waals surface area (Å²) in [5.41, 5.74) is 0. The molecule has 0 aromatic heterocycles. The van der Waals surface area contributed by atoms with Crippen molar-refractivity contribution in [1.29, 1.82) is 0 Å². The van der Waals surface area contributed by atoms with E-state index in [-0.39, 0.29) is 6.23 Å². The van der Waals surface area contributed by atoms with Gasteiger partial charge in [-0.2, -0.15) is 0 Å². The summed E-state index contributed by atoms with van der Waals surface area (Å²) in [6.45, 7) is 3.84. The van der Waals surface area contributed by atoms with Crippen LogP contribution in [0.25, 0.3) is 0 Å². The molecule has 1 aliphatic heterocycles. The van der Waals surface area contributed by atoms with E-state index in [4.69, 9.17) is 4.74 Å². The average molecular weight is 159 g/mol. The molecule has 2 atom stereocenters. The molecule has 0 bridgehead atoms. The fourth-order valence-corrected chi connectivity index (χ4v) is 1.48. The Morgan fingerprint density at radius 2 is 2.45 bits per heavy atom. The van der Waals surface area contributed by atoms with E-state index >= 15 is 0 Å². The lowest BCUT2D eigenvalue weighted by Gasteiger charge is -2.20. The third-order valence-electron chi connectivity index (χ3n) is 2.30. The van der Waals surface area contributed by atoms with Gasteiger partial charge in [-0.15, -0.1) is 0 Å². The predicted octanol–water partition coefficient (Wildman–Crippen LogP) is 0.435. The van der Waals surface area contributed by atoms with Crippen LogP contribution in [0, 0.1) is 0 Å². The van der Waals surface area contributed by atoms with Gasteiger partial charge in [0.1, 0.15) is 6.23 Å². The molecule has 0 amide bonds. The second kappa shape index (κ2) is 4.04. The van der Waals surface area contributed by atoms with Crippen molar-refractivity contribution in [2.45, 2.75) is 32.1 Å². The van der Waals surface area contributed by atoms with Gasteiger partial charge in [0.05, 0.1) is 6.10 Å². The maximum Gasteiger partial charge on any atom is 0.107 e. The summed E-state index contributed by atoms with van der Waals surface area (Å²) in [5.74, 6) is 0. The topological polar surface area (TPSA) is 32.7 Å². The van der Waals surface area contributed by atoms with Crippen LogP contribution in [0.4, 0.5) is 0 Å². The lowest BCUT2D eigenvalue weighted by atomic mass is 10.3. The first-order valence-electron chi connectivity index (χ1n) is 4.22. The first-order chi connectivity index (χ1) is 5.27. The number of aliphatic hydroxyl groups excluding tert-OH is 1. The van der Waals surface area contributed by atoms with Crippen LogP contribution in [-0.4, -0.2) is 42.5 Å². The third kappa shape index (κ3) is 2.15. The number of likely N-dealkylation sites (tertiary alicyclic amines) is 1. The molecule has 1 fully saturated rings. The largest absolute Gasteiger partial charge is 0.380 e. The summed E-state index contributed by atoms with van der Waals surface area (Å²) in [6, 6.07) is 0. The molecule has 0 radical (unpaired) electrons. The van der Waals surface area contributed by atoms with Crippen molar-refractivity contribution in [2.24, 2.45) is 0 Å². The zero-order valence-corrected chi connectivity index (χ0v) is 7.29. The van der Waals surface area contributed by atoms with Gasteiger partial charge in [-0.1, -0.05) is 6.92 Å². The van der Waals surface area contributed by atoms with Crippen LogP contribution < -0.4 is 0 Å². The van der Waals surface area contributed by atoms with Crippen molar-refractivity contribution >= 4 is 0 Å². The lowest BCUT2D eigenvalue weighted by Crippen LogP contribution is -2.33. The molecule has 0 saturated carbocycles. The lowest BCUT2D eigenvalue weighted by molar-refractivity contribution is 0.00504. The van der Waals surface area contributed by atoms with Gasteiger partial charge in [-0.25, -0.2) is 0 Å². The number of ether oxygens (including phenoxy) is 1. The van der Waals surface area contributed by atoms with Crippen LogP contribution >= 0.6 is 0 Å². The molecule has 1 saturated heterocycles. The van der Waals surface area contributed by atoms with Gasteiger partial charge in [0, 0.05) is 20.2 Å². The smallest absolute Gasteiger partial charge is 0.107 e. The minimum atomic E-state index is -0.268. The van der Waals surface area contributed by atoms with Crippen molar-refractivity contribution in [2.75, 3.05) is 20.2 Å². The Labute approximate surface area is 68.0 Å². The number of rotatable bonds is 3. The number of methoxy groups -OCH3 is 1. The molecule has 0 spiro atoms. The highest BCUT2D eigenvalue weighted by Gasteiger charge is 2.25. The Morgan fingerprint density at radius 3 is 2.91 bits per heavy atom.